The van der Waals surface area contributed by atoms with Gasteiger partial charge in [0.05, 0.1) is 16.3 Å². The summed E-state index contributed by atoms with van der Waals surface area (Å²) in [6, 6.07) is 18.0. The van der Waals surface area contributed by atoms with Crippen molar-refractivity contribution < 1.29 is 14.0 Å². The van der Waals surface area contributed by atoms with E-state index in [2.05, 4.69) is 10.6 Å². The van der Waals surface area contributed by atoms with E-state index in [1.165, 1.54) is 23.1 Å². The second-order valence-corrected chi connectivity index (χ2v) is 6.97. The number of hydrogen-bond donors (Lipinski definition) is 2. The highest BCUT2D eigenvalue weighted by molar-refractivity contribution is 6.34. The van der Waals surface area contributed by atoms with Crippen LogP contribution >= 0.6 is 11.6 Å². The Morgan fingerprint density at radius 3 is 2.52 bits per heavy atom. The van der Waals surface area contributed by atoms with E-state index < -0.39 is 12.0 Å². The Bertz CT molecular complexity index is 1100. The summed E-state index contributed by atoms with van der Waals surface area (Å²) in [6.45, 7) is 0. The highest BCUT2D eigenvalue weighted by Crippen LogP contribution is 2.39. The highest BCUT2D eigenvalue weighted by atomic mass is 35.5. The third-order valence-electron chi connectivity index (χ3n) is 4.81. The van der Waals surface area contributed by atoms with E-state index in [0.29, 0.717) is 22.5 Å². The molecular weight excluding hydrogens is 393 g/mol. The number of anilines is 2. The lowest BCUT2D eigenvalue weighted by Gasteiger charge is -2.38. The fraction of sp³-hybridized carbons (Fsp3) is 0.0909. The third kappa shape index (κ3) is 3.43. The summed E-state index contributed by atoms with van der Waals surface area (Å²) in [4.78, 5) is 26.7. The Hall–Kier alpha value is -3.38. The zero-order chi connectivity index (χ0) is 20.5. The van der Waals surface area contributed by atoms with Crippen LogP contribution in [0.4, 0.5) is 15.8 Å². The van der Waals surface area contributed by atoms with Crippen molar-refractivity contribution in [3.8, 4) is 0 Å². The molecule has 1 aliphatic rings. The molecular formula is C22H17ClFN3O2. The minimum Gasteiger partial charge on any atom is -0.360 e. The third-order valence-corrected chi connectivity index (χ3v) is 5.11. The molecule has 7 heteroatoms. The molecule has 1 heterocycles. The van der Waals surface area contributed by atoms with Crippen LogP contribution < -0.4 is 15.5 Å². The molecule has 0 aromatic heterocycles. The summed E-state index contributed by atoms with van der Waals surface area (Å²) in [6.07, 6.45) is -0.584. The Morgan fingerprint density at radius 1 is 1.10 bits per heavy atom. The van der Waals surface area contributed by atoms with Crippen LogP contribution in [-0.2, 0) is 0 Å². The topological polar surface area (TPSA) is 61.4 Å². The molecule has 0 aliphatic carbocycles. The zero-order valence-corrected chi connectivity index (χ0v) is 16.2. The van der Waals surface area contributed by atoms with Crippen LogP contribution in [0.2, 0.25) is 5.02 Å². The molecule has 3 aromatic rings. The van der Waals surface area contributed by atoms with E-state index in [4.69, 9.17) is 11.6 Å². The number of benzene rings is 3. The first kappa shape index (κ1) is 19.0. The number of carbonyl (C=O) groups is 2. The van der Waals surface area contributed by atoms with Gasteiger partial charge >= 0.3 is 0 Å². The average Bonchev–Trinajstić information content (AvgIpc) is 2.74. The van der Waals surface area contributed by atoms with Gasteiger partial charge in [-0.25, -0.2) is 4.39 Å². The summed E-state index contributed by atoms with van der Waals surface area (Å²) >= 11 is 6.28. The monoisotopic (exact) mass is 409 g/mol. The molecule has 0 bridgehead atoms. The van der Waals surface area contributed by atoms with E-state index in [0.717, 1.165) is 5.56 Å². The SMILES string of the molecule is CNC(=O)c1ccc(C2Nc3ccccc3C(=O)N2c2ccc(F)cc2Cl)cc1. The van der Waals surface area contributed by atoms with Gasteiger partial charge in [0.1, 0.15) is 12.0 Å². The van der Waals surface area contributed by atoms with Gasteiger partial charge in [0.25, 0.3) is 11.8 Å². The fourth-order valence-corrected chi connectivity index (χ4v) is 3.63. The lowest BCUT2D eigenvalue weighted by Crippen LogP contribution is -2.43. The van der Waals surface area contributed by atoms with E-state index in [1.807, 2.05) is 12.1 Å². The maximum absolute atomic E-state index is 13.6. The van der Waals surface area contributed by atoms with E-state index in [-0.39, 0.29) is 16.8 Å². The van der Waals surface area contributed by atoms with Gasteiger partial charge in [-0.3, -0.25) is 14.5 Å². The molecule has 2 amide bonds. The lowest BCUT2D eigenvalue weighted by molar-refractivity contribution is 0.0958. The minimum absolute atomic E-state index is 0.131. The maximum atomic E-state index is 13.6. The predicted molar refractivity (Wildman–Crippen MR) is 111 cm³/mol. The molecule has 2 N–H and O–H groups in total. The van der Waals surface area contributed by atoms with Gasteiger partial charge in [0.15, 0.2) is 0 Å². The van der Waals surface area contributed by atoms with E-state index in [1.54, 1.807) is 43.4 Å². The average molecular weight is 410 g/mol. The highest BCUT2D eigenvalue weighted by Gasteiger charge is 2.35. The number of nitrogens with zero attached hydrogens (tertiary/aromatic N) is 1. The number of halogens is 2. The normalized spacial score (nSPS) is 15.5. The lowest BCUT2D eigenvalue weighted by atomic mass is 10.0. The number of amides is 2. The van der Waals surface area contributed by atoms with Gasteiger partial charge in [-0.2, -0.15) is 0 Å². The van der Waals surface area contributed by atoms with E-state index >= 15 is 0 Å². The molecule has 4 rings (SSSR count). The van der Waals surface area contributed by atoms with Gasteiger partial charge in [-0.05, 0) is 48.0 Å². The Morgan fingerprint density at radius 2 is 1.83 bits per heavy atom. The van der Waals surface area contributed by atoms with Crippen molar-refractivity contribution >= 4 is 34.8 Å². The second kappa shape index (κ2) is 7.56. The summed E-state index contributed by atoms with van der Waals surface area (Å²) < 4.78 is 13.6. The molecule has 1 atom stereocenters. The van der Waals surface area contributed by atoms with Gasteiger partial charge in [-0.1, -0.05) is 35.9 Å². The summed E-state index contributed by atoms with van der Waals surface area (Å²) in [7, 11) is 1.56. The van der Waals surface area contributed by atoms with Gasteiger partial charge in [0, 0.05) is 18.3 Å². The molecule has 5 nitrogen and oxygen atoms in total. The van der Waals surface area contributed by atoms with E-state index in [9.17, 15) is 14.0 Å². The van der Waals surface area contributed by atoms with Crippen LogP contribution in [0, 0.1) is 5.82 Å². The van der Waals surface area contributed by atoms with Crippen molar-refractivity contribution in [2.24, 2.45) is 0 Å². The summed E-state index contributed by atoms with van der Waals surface area (Å²) in [5.74, 6) is -0.940. The number of nitrogens with one attached hydrogen (secondary N) is 2. The fourth-order valence-electron chi connectivity index (χ4n) is 3.37. The van der Waals surface area contributed by atoms with Gasteiger partial charge in [0.2, 0.25) is 0 Å². The first-order valence-electron chi connectivity index (χ1n) is 8.96. The number of fused-ring (bicyclic) bond motifs is 1. The standard InChI is InChI=1S/C22H17ClFN3O2/c1-25-21(28)14-8-6-13(7-9-14)20-26-18-5-3-2-4-16(18)22(29)27(20)19-11-10-15(24)12-17(19)23/h2-12,20,26H,1H3,(H,25,28). The maximum Gasteiger partial charge on any atom is 0.262 e. The number of hydrogen-bond acceptors (Lipinski definition) is 3. The first-order valence-corrected chi connectivity index (χ1v) is 9.33. The van der Waals surface area contributed by atoms with Crippen molar-refractivity contribution in [1.29, 1.82) is 0 Å². The van der Waals surface area contributed by atoms with Crippen LogP contribution in [0.15, 0.2) is 66.7 Å². The molecule has 29 heavy (non-hydrogen) atoms. The smallest absolute Gasteiger partial charge is 0.262 e. The molecule has 1 aliphatic heterocycles. The largest absolute Gasteiger partial charge is 0.360 e. The minimum atomic E-state index is -0.584. The zero-order valence-electron chi connectivity index (χ0n) is 15.4. The van der Waals surface area contributed by atoms with Crippen molar-refractivity contribution in [2.75, 3.05) is 17.3 Å². The van der Waals surface area contributed by atoms with Crippen LogP contribution in [0.25, 0.3) is 0 Å². The molecule has 0 radical (unpaired) electrons. The molecule has 146 valence electrons. The molecule has 1 unspecified atom stereocenters. The Kier molecular flexibility index (Phi) is 4.94. The Balaban J connectivity index is 1.83. The van der Waals surface area contributed by atoms with Crippen molar-refractivity contribution in [2.45, 2.75) is 6.17 Å². The molecule has 0 saturated carbocycles. The first-order chi connectivity index (χ1) is 14.0. The molecule has 0 saturated heterocycles. The second-order valence-electron chi connectivity index (χ2n) is 6.56. The quantitative estimate of drug-likeness (QED) is 0.664. The van der Waals surface area contributed by atoms with Crippen LogP contribution in [0.5, 0.6) is 0 Å². The molecule has 3 aromatic carbocycles. The number of carbonyl (C=O) groups excluding carboxylic acids is 2. The van der Waals surface area contributed by atoms with Crippen molar-refractivity contribution in [3.05, 3.63) is 94.3 Å². The van der Waals surface area contributed by atoms with Crippen molar-refractivity contribution in [1.82, 2.24) is 5.32 Å². The summed E-state index contributed by atoms with van der Waals surface area (Å²) in [5.41, 5.74) is 2.82. The van der Waals surface area contributed by atoms with Crippen LogP contribution in [0.1, 0.15) is 32.4 Å². The molecule has 0 fully saturated rings. The Labute approximate surface area is 172 Å². The van der Waals surface area contributed by atoms with Crippen LogP contribution in [-0.4, -0.2) is 18.9 Å². The number of para-hydroxylation sites is 1. The number of rotatable bonds is 3. The van der Waals surface area contributed by atoms with Crippen molar-refractivity contribution in [3.63, 3.8) is 0 Å². The predicted octanol–water partition coefficient (Wildman–Crippen LogP) is 4.61. The summed E-state index contributed by atoms with van der Waals surface area (Å²) in [5, 5.41) is 6.06. The molecule has 0 spiro atoms. The van der Waals surface area contributed by atoms with Gasteiger partial charge < -0.3 is 10.6 Å². The van der Waals surface area contributed by atoms with Crippen LogP contribution in [0.3, 0.4) is 0 Å². The van der Waals surface area contributed by atoms with Gasteiger partial charge in [-0.15, -0.1) is 0 Å².